The first kappa shape index (κ1) is 53.1. The number of carbonyl (C=O) groups excluding carboxylic acids is 1. The molecule has 7 unspecified atom stereocenters. The summed E-state index contributed by atoms with van der Waals surface area (Å²) < 4.78 is 94.0. The smallest absolute Gasteiger partial charge is 0.380 e. The van der Waals surface area contributed by atoms with Crippen LogP contribution in [0.5, 0.6) is 0 Å². The van der Waals surface area contributed by atoms with Crippen molar-refractivity contribution in [3.8, 4) is 0 Å². The molecule has 1 amide bonds. The number of aromatic nitrogens is 4. The lowest BCUT2D eigenvalue weighted by atomic mass is 9.63. The van der Waals surface area contributed by atoms with E-state index in [4.69, 9.17) is 4.74 Å². The molecular formula is C50H73F6N11O4. The van der Waals surface area contributed by atoms with Gasteiger partial charge in [0.15, 0.2) is 6.29 Å². The van der Waals surface area contributed by atoms with Crippen LogP contribution in [-0.2, 0) is 28.4 Å². The molecule has 4 aromatic rings. The van der Waals surface area contributed by atoms with Crippen LogP contribution in [0.2, 0.25) is 0 Å². The number of halogens is 6. The molecule has 21 heteroatoms. The van der Waals surface area contributed by atoms with Crippen molar-refractivity contribution in [2.75, 3.05) is 46.6 Å². The van der Waals surface area contributed by atoms with Gasteiger partial charge in [-0.15, -0.1) is 0 Å². The molecule has 4 aliphatic heterocycles. The SMILES string of the molecule is CC.CC(=O)N(C1CCCC(n2cc3c(C(F)(F)F)cccn3c2=O)C1)C1NNCN1C.CC1CNNC1CC1(C2CCCC(n3cc4c(C(F)(F)F)cc(CN5CCC[C@H](C)C5)cn4c3=O)C2)COC1. The van der Waals surface area contributed by atoms with Crippen LogP contribution < -0.4 is 33.1 Å². The van der Waals surface area contributed by atoms with Crippen LogP contribution in [0.3, 0.4) is 0 Å². The van der Waals surface area contributed by atoms with Gasteiger partial charge < -0.3 is 9.64 Å². The van der Waals surface area contributed by atoms with Crippen LogP contribution in [0, 0.1) is 23.2 Å². The maximum Gasteiger partial charge on any atom is 0.418 e. The van der Waals surface area contributed by atoms with Gasteiger partial charge in [0.05, 0.1) is 42.0 Å². The van der Waals surface area contributed by atoms with Crippen molar-refractivity contribution in [2.24, 2.45) is 23.2 Å². The minimum Gasteiger partial charge on any atom is -0.380 e. The number of amides is 1. The Morgan fingerprint density at radius 1 is 0.831 bits per heavy atom. The Labute approximate surface area is 411 Å². The number of hydrogen-bond acceptors (Lipinski definition) is 10. The van der Waals surface area contributed by atoms with Gasteiger partial charge in [0.1, 0.15) is 0 Å². The van der Waals surface area contributed by atoms with E-state index in [1.165, 1.54) is 46.6 Å². The van der Waals surface area contributed by atoms with E-state index < -0.39 is 29.2 Å². The van der Waals surface area contributed by atoms with Gasteiger partial charge in [0.25, 0.3) is 0 Å². The summed E-state index contributed by atoms with van der Waals surface area (Å²) in [5.41, 5.74) is 10.8. The van der Waals surface area contributed by atoms with Crippen LogP contribution in [0.15, 0.2) is 52.6 Å². The number of carbonyl (C=O) groups is 1. The first-order valence-electron chi connectivity index (χ1n) is 25.7. The molecule has 8 atom stereocenters. The fraction of sp³-hybridized carbons (Fsp3) is 0.700. The maximum absolute atomic E-state index is 14.3. The molecule has 4 aromatic heterocycles. The van der Waals surface area contributed by atoms with Gasteiger partial charge in [-0.2, -0.15) is 26.3 Å². The number of alkyl halides is 6. The Morgan fingerprint density at radius 3 is 2.08 bits per heavy atom. The van der Waals surface area contributed by atoms with E-state index in [0.717, 1.165) is 101 Å². The monoisotopic (exact) mass is 1010 g/mol. The third kappa shape index (κ3) is 11.2. The van der Waals surface area contributed by atoms with E-state index in [-0.39, 0.29) is 52.5 Å². The van der Waals surface area contributed by atoms with Crippen LogP contribution >= 0.6 is 0 Å². The Kier molecular flexibility index (Phi) is 16.2. The molecule has 2 saturated carbocycles. The average Bonchev–Trinajstić information content (AvgIpc) is 4.10. The summed E-state index contributed by atoms with van der Waals surface area (Å²) in [6, 6.07) is 3.34. The number of pyridine rings is 2. The molecule has 394 valence electrons. The molecule has 4 saturated heterocycles. The number of likely N-dealkylation sites (tertiary alicyclic amines) is 1. The quantitative estimate of drug-likeness (QED) is 0.126. The molecule has 8 heterocycles. The molecule has 0 bridgehead atoms. The van der Waals surface area contributed by atoms with Crippen molar-refractivity contribution < 1.29 is 35.9 Å². The average molecular weight is 1010 g/mol. The third-order valence-electron chi connectivity index (χ3n) is 16.0. The molecule has 71 heavy (non-hydrogen) atoms. The molecule has 10 rings (SSSR count). The van der Waals surface area contributed by atoms with Crippen molar-refractivity contribution in [3.05, 3.63) is 80.6 Å². The molecule has 6 aliphatic rings. The van der Waals surface area contributed by atoms with Gasteiger partial charge in [0.2, 0.25) is 5.91 Å². The highest BCUT2D eigenvalue weighted by Crippen LogP contribution is 2.50. The summed E-state index contributed by atoms with van der Waals surface area (Å²) >= 11 is 0. The zero-order valence-electron chi connectivity index (χ0n) is 41.9. The lowest BCUT2D eigenvalue weighted by Crippen LogP contribution is -2.57. The van der Waals surface area contributed by atoms with E-state index in [2.05, 4.69) is 40.5 Å². The predicted octanol–water partition coefficient (Wildman–Crippen LogP) is 7.36. The second-order valence-electron chi connectivity index (χ2n) is 21.0. The fourth-order valence-electron chi connectivity index (χ4n) is 12.4. The van der Waals surface area contributed by atoms with Crippen molar-refractivity contribution in [3.63, 3.8) is 0 Å². The Bertz CT molecular complexity index is 2590. The fourth-order valence-corrected chi connectivity index (χ4v) is 12.4. The van der Waals surface area contributed by atoms with Gasteiger partial charge in [-0.25, -0.2) is 20.4 Å². The highest BCUT2D eigenvalue weighted by molar-refractivity contribution is 5.74. The molecule has 6 fully saturated rings. The third-order valence-corrected chi connectivity index (χ3v) is 16.0. The molecule has 4 N–H and O–H groups in total. The molecule has 15 nitrogen and oxygen atoms in total. The topological polar surface area (TPSA) is 137 Å². The van der Waals surface area contributed by atoms with Gasteiger partial charge in [-0.1, -0.05) is 34.1 Å². The van der Waals surface area contributed by atoms with E-state index in [1.54, 1.807) is 15.7 Å². The number of hydrogen-bond donors (Lipinski definition) is 4. The zero-order valence-corrected chi connectivity index (χ0v) is 41.9. The largest absolute Gasteiger partial charge is 0.418 e. The van der Waals surface area contributed by atoms with Gasteiger partial charge >= 0.3 is 23.7 Å². The van der Waals surface area contributed by atoms with Gasteiger partial charge in [-0.05, 0) is 119 Å². The van der Waals surface area contributed by atoms with E-state index >= 15 is 0 Å². The van der Waals surface area contributed by atoms with Crippen LogP contribution in [-0.4, -0.2) is 103 Å². The summed E-state index contributed by atoms with van der Waals surface area (Å²) in [5, 5.41) is 0. The van der Waals surface area contributed by atoms with Crippen molar-refractivity contribution >= 4 is 16.9 Å². The first-order valence-corrected chi connectivity index (χ1v) is 25.7. The number of imidazole rings is 2. The number of ether oxygens (including phenoxy) is 1. The lowest BCUT2D eigenvalue weighted by Gasteiger charge is -2.51. The van der Waals surface area contributed by atoms with Crippen molar-refractivity contribution in [2.45, 2.75) is 155 Å². The van der Waals surface area contributed by atoms with E-state index in [9.17, 15) is 40.7 Å². The van der Waals surface area contributed by atoms with Crippen molar-refractivity contribution in [1.82, 2.24) is 54.3 Å². The summed E-state index contributed by atoms with van der Waals surface area (Å²) in [7, 11) is 1.89. The van der Waals surface area contributed by atoms with Crippen LogP contribution in [0.1, 0.15) is 134 Å². The minimum atomic E-state index is -4.54. The van der Waals surface area contributed by atoms with Crippen molar-refractivity contribution in [1.29, 1.82) is 0 Å². The predicted molar refractivity (Wildman–Crippen MR) is 258 cm³/mol. The summed E-state index contributed by atoms with van der Waals surface area (Å²) in [4.78, 5) is 44.9. The van der Waals surface area contributed by atoms with Crippen LogP contribution in [0.4, 0.5) is 26.3 Å². The lowest BCUT2D eigenvalue weighted by molar-refractivity contribution is -0.164. The summed E-state index contributed by atoms with van der Waals surface area (Å²) in [6.07, 6.45) is 5.97. The van der Waals surface area contributed by atoms with Crippen LogP contribution in [0.25, 0.3) is 11.0 Å². The second-order valence-corrected chi connectivity index (χ2v) is 21.0. The highest BCUT2D eigenvalue weighted by atomic mass is 19.4. The number of nitrogens with zero attached hydrogens (tertiary/aromatic N) is 7. The Morgan fingerprint density at radius 2 is 1.49 bits per heavy atom. The number of hydrazine groups is 2. The highest BCUT2D eigenvalue weighted by Gasteiger charge is 2.50. The molecule has 2 aliphatic carbocycles. The molecule has 0 spiro atoms. The second kappa shape index (κ2) is 21.7. The zero-order chi connectivity index (χ0) is 51.0. The van der Waals surface area contributed by atoms with Gasteiger partial charge in [0, 0.05) is 80.9 Å². The van der Waals surface area contributed by atoms with E-state index in [0.29, 0.717) is 55.4 Å². The first-order chi connectivity index (χ1) is 33.8. The van der Waals surface area contributed by atoms with Gasteiger partial charge in [-0.3, -0.25) is 43.4 Å². The number of rotatable bonds is 9. The number of fused-ring (bicyclic) bond motifs is 2. The van der Waals surface area contributed by atoms with E-state index in [1.807, 2.05) is 25.8 Å². The summed E-state index contributed by atoms with van der Waals surface area (Å²) in [5.74, 6) is 1.35. The Hall–Kier alpha value is -4.25. The Balaban J connectivity index is 0.000000190. The molecular weight excluding hydrogens is 933 g/mol. The summed E-state index contributed by atoms with van der Waals surface area (Å²) in [6.45, 7) is 15.1. The standard InChI is InChI=1S/C29H42F3N5O2.C19H25F3N6O2.C2H6/c1-19-5-4-8-35(13-19)14-21-9-24(29(30,31)32)26-16-36(27(38)37(26)15-21)23-7-3-6-22(10-23)28(17-39-18-28)11-25-20(2)12-33-34-25;1-12(29)28(17-24-23-11-25(17)2)14-6-3-5-13(9-14)27-10-16-15(19(20,21)22)7-4-8-26(16)18(27)30;1-2/h9,15-16,19-20,22-23,25,33-34H,3-8,10-14,17-18H2,1-2H3;4,7-8,10,13-14,17,23-24H,3,5-6,9,11H2,1-2H3;1-2H3/t19-,20?,22?,23?,25?;;/m0../s1. The minimum absolute atomic E-state index is 0.0397. The normalized spacial score (nSPS) is 28.5. The molecule has 0 radical (unpaired) electrons. The number of nitrogens with one attached hydrogen (secondary N) is 4. The number of piperidine rings is 1. The molecule has 0 aromatic carbocycles. The maximum atomic E-state index is 14.3.